The standard InChI is InChI=1S/C9H16O2/c10-6-9(7-11)8-4-2-1-3-5-8/h1-2,8-11H,3-7H2. The Balaban J connectivity index is 2.38. The maximum atomic E-state index is 8.89. The van der Waals surface area contributed by atoms with E-state index in [4.69, 9.17) is 10.2 Å². The lowest BCUT2D eigenvalue weighted by Gasteiger charge is -2.24. The second-order valence-corrected chi connectivity index (χ2v) is 3.17. The molecule has 1 unspecified atom stereocenters. The zero-order chi connectivity index (χ0) is 8.10. The Morgan fingerprint density at radius 3 is 2.45 bits per heavy atom. The highest BCUT2D eigenvalue weighted by atomic mass is 16.3. The van der Waals surface area contributed by atoms with Gasteiger partial charge in [0.15, 0.2) is 0 Å². The highest BCUT2D eigenvalue weighted by Crippen LogP contribution is 2.25. The van der Waals surface area contributed by atoms with Gasteiger partial charge in [0.1, 0.15) is 0 Å². The van der Waals surface area contributed by atoms with Crippen molar-refractivity contribution in [2.75, 3.05) is 13.2 Å². The van der Waals surface area contributed by atoms with E-state index in [-0.39, 0.29) is 19.1 Å². The molecule has 0 aromatic carbocycles. The molecule has 2 N–H and O–H groups in total. The zero-order valence-electron chi connectivity index (χ0n) is 6.74. The average Bonchev–Trinajstić information content (AvgIpc) is 2.09. The van der Waals surface area contributed by atoms with E-state index in [1.165, 1.54) is 0 Å². The van der Waals surface area contributed by atoms with Crippen molar-refractivity contribution in [2.45, 2.75) is 19.3 Å². The van der Waals surface area contributed by atoms with Gasteiger partial charge in [-0.15, -0.1) is 0 Å². The van der Waals surface area contributed by atoms with Crippen LogP contribution in [0.4, 0.5) is 0 Å². The van der Waals surface area contributed by atoms with E-state index in [0.29, 0.717) is 5.92 Å². The van der Waals surface area contributed by atoms with Crippen molar-refractivity contribution < 1.29 is 10.2 Å². The molecule has 1 atom stereocenters. The van der Waals surface area contributed by atoms with Crippen LogP contribution < -0.4 is 0 Å². The molecule has 0 aromatic rings. The quantitative estimate of drug-likeness (QED) is 0.597. The molecule has 1 aliphatic rings. The summed E-state index contributed by atoms with van der Waals surface area (Å²) in [5, 5.41) is 17.8. The van der Waals surface area contributed by atoms with Crippen LogP contribution in [0.25, 0.3) is 0 Å². The Hall–Kier alpha value is -0.340. The number of hydrogen-bond donors (Lipinski definition) is 2. The van der Waals surface area contributed by atoms with Gasteiger partial charge in [0.25, 0.3) is 0 Å². The molecule has 0 radical (unpaired) electrons. The summed E-state index contributed by atoms with van der Waals surface area (Å²) in [7, 11) is 0. The number of rotatable bonds is 3. The lowest BCUT2D eigenvalue weighted by atomic mass is 9.84. The Kier molecular flexibility index (Phi) is 3.60. The van der Waals surface area contributed by atoms with Crippen LogP contribution in [0, 0.1) is 11.8 Å². The summed E-state index contributed by atoms with van der Waals surface area (Å²) in [5.74, 6) is 0.593. The predicted octanol–water partition coefficient (Wildman–Crippen LogP) is 0.944. The lowest BCUT2D eigenvalue weighted by Crippen LogP contribution is -2.22. The van der Waals surface area contributed by atoms with Gasteiger partial charge >= 0.3 is 0 Å². The first-order valence-electron chi connectivity index (χ1n) is 4.25. The fourth-order valence-corrected chi connectivity index (χ4v) is 1.60. The first kappa shape index (κ1) is 8.75. The van der Waals surface area contributed by atoms with Crippen LogP contribution in [-0.4, -0.2) is 23.4 Å². The third-order valence-corrected chi connectivity index (χ3v) is 2.45. The minimum absolute atomic E-state index is 0.0972. The zero-order valence-corrected chi connectivity index (χ0v) is 6.74. The van der Waals surface area contributed by atoms with Gasteiger partial charge in [-0.1, -0.05) is 12.2 Å². The van der Waals surface area contributed by atoms with E-state index in [9.17, 15) is 0 Å². The smallest absolute Gasteiger partial charge is 0.0483 e. The van der Waals surface area contributed by atoms with Gasteiger partial charge in [-0.2, -0.15) is 0 Å². The van der Waals surface area contributed by atoms with Crippen LogP contribution in [0.1, 0.15) is 19.3 Å². The summed E-state index contributed by atoms with van der Waals surface area (Å²) in [4.78, 5) is 0. The SMILES string of the molecule is OCC(CO)C1CC=CCC1. The van der Waals surface area contributed by atoms with Gasteiger partial charge in [-0.05, 0) is 25.2 Å². The molecule has 0 bridgehead atoms. The normalized spacial score (nSPS) is 24.5. The van der Waals surface area contributed by atoms with Crippen LogP contribution in [0.5, 0.6) is 0 Å². The van der Waals surface area contributed by atoms with Crippen LogP contribution >= 0.6 is 0 Å². The topological polar surface area (TPSA) is 40.5 Å². The van der Waals surface area contributed by atoms with Gasteiger partial charge in [-0.3, -0.25) is 0 Å². The largest absolute Gasteiger partial charge is 0.396 e. The maximum absolute atomic E-state index is 8.89. The summed E-state index contributed by atoms with van der Waals surface area (Å²) in [5.41, 5.74) is 0. The molecule has 11 heavy (non-hydrogen) atoms. The second-order valence-electron chi connectivity index (χ2n) is 3.17. The fourth-order valence-electron chi connectivity index (χ4n) is 1.60. The summed E-state index contributed by atoms with van der Waals surface area (Å²) in [6, 6.07) is 0. The molecule has 2 heteroatoms. The van der Waals surface area contributed by atoms with Gasteiger partial charge in [0.2, 0.25) is 0 Å². The first-order valence-corrected chi connectivity index (χ1v) is 4.25. The highest BCUT2D eigenvalue weighted by molar-refractivity contribution is 4.91. The first-order chi connectivity index (χ1) is 5.38. The molecular weight excluding hydrogens is 140 g/mol. The molecule has 0 spiro atoms. The number of aliphatic hydroxyl groups excluding tert-OH is 2. The number of allylic oxidation sites excluding steroid dienone is 2. The van der Waals surface area contributed by atoms with Gasteiger partial charge in [0.05, 0.1) is 0 Å². The van der Waals surface area contributed by atoms with Gasteiger partial charge in [0, 0.05) is 19.1 Å². The van der Waals surface area contributed by atoms with Gasteiger partial charge < -0.3 is 10.2 Å². The van der Waals surface area contributed by atoms with Crippen molar-refractivity contribution in [1.82, 2.24) is 0 Å². The van der Waals surface area contributed by atoms with E-state index in [2.05, 4.69) is 12.2 Å². The molecule has 0 fully saturated rings. The van der Waals surface area contributed by atoms with E-state index < -0.39 is 0 Å². The van der Waals surface area contributed by atoms with E-state index >= 15 is 0 Å². The van der Waals surface area contributed by atoms with E-state index in [0.717, 1.165) is 19.3 Å². The molecule has 2 nitrogen and oxygen atoms in total. The second kappa shape index (κ2) is 4.52. The average molecular weight is 156 g/mol. The summed E-state index contributed by atoms with van der Waals surface area (Å²) in [6.07, 6.45) is 7.55. The lowest BCUT2D eigenvalue weighted by molar-refractivity contribution is 0.102. The van der Waals surface area contributed by atoms with Crippen LogP contribution in [0.3, 0.4) is 0 Å². The van der Waals surface area contributed by atoms with Crippen molar-refractivity contribution in [3.63, 3.8) is 0 Å². The Bertz CT molecular complexity index is 128. The minimum atomic E-state index is 0.0972. The fraction of sp³-hybridized carbons (Fsp3) is 0.778. The number of hydrogen-bond acceptors (Lipinski definition) is 2. The third-order valence-electron chi connectivity index (χ3n) is 2.45. The summed E-state index contributed by atoms with van der Waals surface area (Å²) >= 11 is 0. The molecule has 0 heterocycles. The maximum Gasteiger partial charge on any atom is 0.0483 e. The molecular formula is C9H16O2. The molecule has 0 aliphatic heterocycles. The molecule has 0 amide bonds. The Morgan fingerprint density at radius 1 is 1.27 bits per heavy atom. The Labute approximate surface area is 67.6 Å². The molecule has 1 aliphatic carbocycles. The minimum Gasteiger partial charge on any atom is -0.396 e. The summed E-state index contributed by atoms with van der Waals surface area (Å²) in [6.45, 7) is 0.240. The molecule has 0 saturated heterocycles. The monoisotopic (exact) mass is 156 g/mol. The van der Waals surface area contributed by atoms with Crippen LogP contribution in [-0.2, 0) is 0 Å². The third kappa shape index (κ3) is 2.31. The summed E-state index contributed by atoms with van der Waals surface area (Å²) < 4.78 is 0. The molecule has 0 saturated carbocycles. The molecule has 1 rings (SSSR count). The van der Waals surface area contributed by atoms with E-state index in [1.807, 2.05) is 0 Å². The molecule has 0 aromatic heterocycles. The van der Waals surface area contributed by atoms with Crippen LogP contribution in [0.15, 0.2) is 12.2 Å². The van der Waals surface area contributed by atoms with Crippen molar-refractivity contribution in [3.05, 3.63) is 12.2 Å². The predicted molar refractivity (Wildman–Crippen MR) is 44.1 cm³/mol. The van der Waals surface area contributed by atoms with Gasteiger partial charge in [-0.25, -0.2) is 0 Å². The van der Waals surface area contributed by atoms with Crippen molar-refractivity contribution >= 4 is 0 Å². The van der Waals surface area contributed by atoms with Crippen molar-refractivity contribution in [2.24, 2.45) is 11.8 Å². The molecule has 64 valence electrons. The van der Waals surface area contributed by atoms with Crippen molar-refractivity contribution in [1.29, 1.82) is 0 Å². The van der Waals surface area contributed by atoms with E-state index in [1.54, 1.807) is 0 Å². The van der Waals surface area contributed by atoms with Crippen molar-refractivity contribution in [3.8, 4) is 0 Å². The Morgan fingerprint density at radius 2 is 2.00 bits per heavy atom. The van der Waals surface area contributed by atoms with Crippen LogP contribution in [0.2, 0.25) is 0 Å². The highest BCUT2D eigenvalue weighted by Gasteiger charge is 2.19. The number of aliphatic hydroxyl groups is 2.